The van der Waals surface area contributed by atoms with Crippen molar-refractivity contribution in [3.05, 3.63) is 60.3 Å². The lowest BCUT2D eigenvalue weighted by Crippen LogP contribution is -2.16. The van der Waals surface area contributed by atoms with Crippen molar-refractivity contribution >= 4 is 0 Å². The minimum absolute atomic E-state index is 0.565. The van der Waals surface area contributed by atoms with E-state index in [-0.39, 0.29) is 0 Å². The fourth-order valence-electron chi connectivity index (χ4n) is 2.12. The Bertz CT molecular complexity index is 660. The standard InChI is InChI=1S/C14H15N5O/c1-11-16-8-13(7-15-9-14-17-10-20-18-14)19(11)12-5-3-2-4-6-12/h2-6,8,10,15H,7,9H2,1H3. The second-order valence-electron chi connectivity index (χ2n) is 4.42. The molecule has 0 bridgehead atoms. The molecule has 6 heteroatoms. The Labute approximate surface area is 116 Å². The quantitative estimate of drug-likeness (QED) is 0.765. The van der Waals surface area contributed by atoms with E-state index >= 15 is 0 Å². The molecule has 0 saturated carbocycles. The van der Waals surface area contributed by atoms with Crippen LogP contribution in [0.15, 0.2) is 47.4 Å². The number of para-hydroxylation sites is 1. The van der Waals surface area contributed by atoms with Gasteiger partial charge in [0, 0.05) is 12.2 Å². The first-order valence-electron chi connectivity index (χ1n) is 6.39. The molecule has 0 radical (unpaired) electrons. The Hall–Kier alpha value is -2.47. The predicted octanol–water partition coefficient (Wildman–Crippen LogP) is 1.85. The molecule has 0 aliphatic heterocycles. The van der Waals surface area contributed by atoms with Gasteiger partial charge in [0.15, 0.2) is 5.82 Å². The Morgan fingerprint density at radius 1 is 1.15 bits per heavy atom. The summed E-state index contributed by atoms with van der Waals surface area (Å²) in [6.45, 7) is 3.25. The van der Waals surface area contributed by atoms with Crippen LogP contribution in [0.3, 0.4) is 0 Å². The van der Waals surface area contributed by atoms with Crippen LogP contribution in [0, 0.1) is 6.92 Å². The Morgan fingerprint density at radius 2 is 2.00 bits per heavy atom. The fourth-order valence-corrected chi connectivity index (χ4v) is 2.12. The predicted molar refractivity (Wildman–Crippen MR) is 73.1 cm³/mol. The van der Waals surface area contributed by atoms with Gasteiger partial charge in [-0.25, -0.2) is 4.98 Å². The smallest absolute Gasteiger partial charge is 0.213 e. The van der Waals surface area contributed by atoms with E-state index in [0.29, 0.717) is 18.9 Å². The molecule has 3 aromatic rings. The van der Waals surface area contributed by atoms with Crippen LogP contribution in [0.25, 0.3) is 5.69 Å². The first-order valence-corrected chi connectivity index (χ1v) is 6.39. The van der Waals surface area contributed by atoms with Crippen molar-refractivity contribution in [1.29, 1.82) is 0 Å². The van der Waals surface area contributed by atoms with Crippen LogP contribution < -0.4 is 5.32 Å². The number of rotatable bonds is 5. The summed E-state index contributed by atoms with van der Waals surface area (Å²) in [6, 6.07) is 10.2. The number of nitrogens with zero attached hydrogens (tertiary/aromatic N) is 4. The Morgan fingerprint density at radius 3 is 2.75 bits per heavy atom. The molecule has 1 N–H and O–H groups in total. The molecule has 0 amide bonds. The van der Waals surface area contributed by atoms with Gasteiger partial charge in [0.1, 0.15) is 5.82 Å². The molecule has 20 heavy (non-hydrogen) atoms. The molecule has 3 rings (SSSR count). The molecular weight excluding hydrogens is 254 g/mol. The summed E-state index contributed by atoms with van der Waals surface area (Å²) in [7, 11) is 0. The van der Waals surface area contributed by atoms with E-state index in [4.69, 9.17) is 4.52 Å². The van der Waals surface area contributed by atoms with Gasteiger partial charge in [0.2, 0.25) is 6.39 Å². The normalized spacial score (nSPS) is 10.8. The molecule has 102 valence electrons. The van der Waals surface area contributed by atoms with E-state index in [1.807, 2.05) is 31.3 Å². The van der Waals surface area contributed by atoms with Crippen molar-refractivity contribution in [3.63, 3.8) is 0 Å². The highest BCUT2D eigenvalue weighted by Gasteiger charge is 2.08. The number of nitrogens with one attached hydrogen (secondary N) is 1. The fraction of sp³-hybridized carbons (Fsp3) is 0.214. The first kappa shape index (κ1) is 12.6. The number of hydrogen-bond donors (Lipinski definition) is 1. The lowest BCUT2D eigenvalue weighted by atomic mass is 10.3. The van der Waals surface area contributed by atoms with Gasteiger partial charge in [-0.15, -0.1) is 0 Å². The zero-order valence-electron chi connectivity index (χ0n) is 11.2. The second kappa shape index (κ2) is 5.66. The average molecular weight is 269 g/mol. The summed E-state index contributed by atoms with van der Waals surface area (Å²) < 4.78 is 6.82. The van der Waals surface area contributed by atoms with Gasteiger partial charge in [0.25, 0.3) is 0 Å². The molecule has 0 fully saturated rings. The third-order valence-corrected chi connectivity index (χ3v) is 3.02. The number of aryl methyl sites for hydroxylation is 1. The zero-order chi connectivity index (χ0) is 13.8. The lowest BCUT2D eigenvalue weighted by Gasteiger charge is -2.10. The van der Waals surface area contributed by atoms with Crippen LogP contribution in [-0.4, -0.2) is 19.7 Å². The monoisotopic (exact) mass is 269 g/mol. The molecule has 1 aromatic carbocycles. The maximum atomic E-state index is 4.70. The SMILES string of the molecule is Cc1ncc(CNCc2ncon2)n1-c1ccccc1. The second-order valence-corrected chi connectivity index (χ2v) is 4.42. The number of aromatic nitrogens is 4. The highest BCUT2D eigenvalue weighted by Crippen LogP contribution is 2.14. The molecule has 6 nitrogen and oxygen atoms in total. The highest BCUT2D eigenvalue weighted by molar-refractivity contribution is 5.35. The summed E-state index contributed by atoms with van der Waals surface area (Å²) in [5.41, 5.74) is 2.20. The van der Waals surface area contributed by atoms with Crippen LogP contribution in [0.4, 0.5) is 0 Å². The van der Waals surface area contributed by atoms with Crippen molar-refractivity contribution in [1.82, 2.24) is 25.0 Å². The minimum Gasteiger partial charge on any atom is -0.343 e. The van der Waals surface area contributed by atoms with E-state index in [9.17, 15) is 0 Å². The molecule has 0 aliphatic rings. The van der Waals surface area contributed by atoms with Crippen molar-refractivity contribution < 1.29 is 4.52 Å². The first-order chi connectivity index (χ1) is 9.84. The van der Waals surface area contributed by atoms with Crippen LogP contribution in [0.5, 0.6) is 0 Å². The van der Waals surface area contributed by atoms with Gasteiger partial charge in [-0.05, 0) is 19.1 Å². The molecular formula is C14H15N5O. The Balaban J connectivity index is 1.74. The van der Waals surface area contributed by atoms with Crippen LogP contribution in [0.1, 0.15) is 17.3 Å². The number of hydrogen-bond acceptors (Lipinski definition) is 5. The van der Waals surface area contributed by atoms with Gasteiger partial charge in [-0.1, -0.05) is 23.4 Å². The summed E-state index contributed by atoms with van der Waals surface area (Å²) in [5.74, 6) is 1.61. The maximum Gasteiger partial charge on any atom is 0.213 e. The van der Waals surface area contributed by atoms with Gasteiger partial charge in [0.05, 0.1) is 18.4 Å². The Kier molecular flexibility index (Phi) is 3.56. The summed E-state index contributed by atoms with van der Waals surface area (Å²) >= 11 is 0. The van der Waals surface area contributed by atoms with Crippen LogP contribution in [0.2, 0.25) is 0 Å². The van der Waals surface area contributed by atoms with E-state index < -0.39 is 0 Å². The molecule has 0 unspecified atom stereocenters. The molecule has 0 saturated heterocycles. The third kappa shape index (κ3) is 2.60. The van der Waals surface area contributed by atoms with Crippen molar-refractivity contribution in [2.45, 2.75) is 20.0 Å². The van der Waals surface area contributed by atoms with Crippen molar-refractivity contribution in [2.24, 2.45) is 0 Å². The van der Waals surface area contributed by atoms with E-state index in [2.05, 4.69) is 37.1 Å². The molecule has 0 spiro atoms. The topological polar surface area (TPSA) is 68.8 Å². The highest BCUT2D eigenvalue weighted by atomic mass is 16.5. The number of benzene rings is 1. The van der Waals surface area contributed by atoms with Gasteiger partial charge in [-0.3, -0.25) is 4.57 Å². The van der Waals surface area contributed by atoms with Crippen molar-refractivity contribution in [3.8, 4) is 5.69 Å². The molecule has 0 atom stereocenters. The molecule has 0 aliphatic carbocycles. The van der Waals surface area contributed by atoms with E-state index in [1.165, 1.54) is 6.39 Å². The van der Waals surface area contributed by atoms with Gasteiger partial charge >= 0.3 is 0 Å². The minimum atomic E-state index is 0.565. The molecule has 2 aromatic heterocycles. The van der Waals surface area contributed by atoms with E-state index in [0.717, 1.165) is 17.2 Å². The van der Waals surface area contributed by atoms with Crippen molar-refractivity contribution in [2.75, 3.05) is 0 Å². The zero-order valence-corrected chi connectivity index (χ0v) is 11.2. The van der Waals surface area contributed by atoms with E-state index in [1.54, 1.807) is 0 Å². The van der Waals surface area contributed by atoms with Gasteiger partial charge < -0.3 is 9.84 Å². The van der Waals surface area contributed by atoms with Gasteiger partial charge in [-0.2, -0.15) is 4.98 Å². The third-order valence-electron chi connectivity index (χ3n) is 3.02. The van der Waals surface area contributed by atoms with Crippen LogP contribution in [-0.2, 0) is 13.1 Å². The number of imidazole rings is 1. The summed E-state index contributed by atoms with van der Waals surface area (Å²) in [4.78, 5) is 8.35. The largest absolute Gasteiger partial charge is 0.343 e. The summed E-state index contributed by atoms with van der Waals surface area (Å²) in [5, 5.41) is 7.04. The molecule has 2 heterocycles. The average Bonchev–Trinajstić information content (AvgIpc) is 3.10. The summed E-state index contributed by atoms with van der Waals surface area (Å²) in [6.07, 6.45) is 3.21. The van der Waals surface area contributed by atoms with Crippen LogP contribution >= 0.6 is 0 Å². The lowest BCUT2D eigenvalue weighted by molar-refractivity contribution is 0.407. The maximum absolute atomic E-state index is 4.70.